The lowest BCUT2D eigenvalue weighted by Crippen LogP contribution is -2.44. The highest BCUT2D eigenvalue weighted by Gasteiger charge is 2.22. The van der Waals surface area contributed by atoms with Gasteiger partial charge >= 0.3 is 0 Å². The van der Waals surface area contributed by atoms with Gasteiger partial charge < -0.3 is 10.2 Å². The van der Waals surface area contributed by atoms with Gasteiger partial charge in [0.1, 0.15) is 0 Å². The number of likely N-dealkylation sites (tertiary alicyclic amines) is 1. The van der Waals surface area contributed by atoms with Gasteiger partial charge in [-0.05, 0) is 38.8 Å². The van der Waals surface area contributed by atoms with Crippen LogP contribution in [0.3, 0.4) is 0 Å². The number of rotatable bonds is 4. The first kappa shape index (κ1) is 11.6. The molecule has 1 heterocycles. The number of terminal acetylenes is 1. The zero-order valence-electron chi connectivity index (χ0n) is 9.42. The number of nitrogens with one attached hydrogen (secondary N) is 1. The molecule has 80 valence electrons. The van der Waals surface area contributed by atoms with E-state index in [-0.39, 0.29) is 0 Å². The molecule has 1 fully saturated rings. The molecule has 0 spiro atoms. The zero-order chi connectivity index (χ0) is 10.4. The highest BCUT2D eigenvalue weighted by Crippen LogP contribution is 2.19. The second-order valence-electron chi connectivity index (χ2n) is 4.17. The molecule has 2 atom stereocenters. The van der Waals surface area contributed by atoms with Crippen LogP contribution in [0, 0.1) is 18.3 Å². The van der Waals surface area contributed by atoms with Crippen LogP contribution in [0.2, 0.25) is 0 Å². The van der Waals surface area contributed by atoms with Crippen molar-refractivity contribution in [1.82, 2.24) is 10.2 Å². The predicted octanol–water partition coefficient (Wildman–Crippen LogP) is 1.33. The van der Waals surface area contributed by atoms with Crippen LogP contribution in [-0.2, 0) is 0 Å². The third kappa shape index (κ3) is 3.32. The Labute approximate surface area is 88.1 Å². The Morgan fingerprint density at radius 3 is 3.07 bits per heavy atom. The maximum absolute atomic E-state index is 5.24. The topological polar surface area (TPSA) is 15.3 Å². The summed E-state index contributed by atoms with van der Waals surface area (Å²) >= 11 is 0. The Morgan fingerprint density at radius 2 is 2.43 bits per heavy atom. The Morgan fingerprint density at radius 1 is 1.64 bits per heavy atom. The van der Waals surface area contributed by atoms with Crippen molar-refractivity contribution < 1.29 is 0 Å². The lowest BCUT2D eigenvalue weighted by atomic mass is 9.91. The lowest BCUT2D eigenvalue weighted by Gasteiger charge is -2.35. The van der Waals surface area contributed by atoms with Gasteiger partial charge in [0.2, 0.25) is 0 Å². The minimum Gasteiger partial charge on any atom is -0.303 e. The summed E-state index contributed by atoms with van der Waals surface area (Å²) in [5.41, 5.74) is 0. The quantitative estimate of drug-likeness (QED) is 0.679. The third-order valence-electron chi connectivity index (χ3n) is 3.22. The van der Waals surface area contributed by atoms with Crippen LogP contribution < -0.4 is 5.32 Å². The average molecular weight is 194 g/mol. The summed E-state index contributed by atoms with van der Waals surface area (Å²) in [6, 6.07) is 0.556. The summed E-state index contributed by atoms with van der Waals surface area (Å²) in [5, 5.41) is 3.38. The maximum atomic E-state index is 5.24. The minimum atomic E-state index is 0.556. The maximum Gasteiger partial charge on any atom is 0.0575 e. The summed E-state index contributed by atoms with van der Waals surface area (Å²) in [7, 11) is 0. The summed E-state index contributed by atoms with van der Waals surface area (Å²) in [4.78, 5) is 2.53. The van der Waals surface area contributed by atoms with Gasteiger partial charge in [-0.3, -0.25) is 0 Å². The molecular weight excluding hydrogens is 172 g/mol. The van der Waals surface area contributed by atoms with E-state index < -0.39 is 0 Å². The van der Waals surface area contributed by atoms with Crippen molar-refractivity contribution in [2.75, 3.05) is 26.2 Å². The molecule has 2 unspecified atom stereocenters. The van der Waals surface area contributed by atoms with Crippen molar-refractivity contribution in [2.24, 2.45) is 5.92 Å². The fourth-order valence-corrected chi connectivity index (χ4v) is 2.17. The smallest absolute Gasteiger partial charge is 0.0575 e. The molecule has 0 aliphatic carbocycles. The number of hydrogen-bond acceptors (Lipinski definition) is 2. The standard InChI is InChI=1S/C12H22N2/c1-4-8-13-11(3)12-7-6-9-14(5-2)10-12/h1,11-13H,5-10H2,2-3H3. The van der Waals surface area contributed by atoms with Crippen LogP contribution in [0.1, 0.15) is 26.7 Å². The largest absolute Gasteiger partial charge is 0.303 e. The van der Waals surface area contributed by atoms with Gasteiger partial charge in [0.15, 0.2) is 0 Å². The molecule has 0 bridgehead atoms. The van der Waals surface area contributed by atoms with Gasteiger partial charge in [-0.15, -0.1) is 6.42 Å². The molecule has 0 aromatic carbocycles. The van der Waals surface area contributed by atoms with E-state index in [4.69, 9.17) is 6.42 Å². The van der Waals surface area contributed by atoms with Crippen LogP contribution in [0.5, 0.6) is 0 Å². The van der Waals surface area contributed by atoms with Crippen molar-refractivity contribution in [3.8, 4) is 12.3 Å². The number of nitrogens with zero attached hydrogens (tertiary/aromatic N) is 1. The van der Waals surface area contributed by atoms with E-state index in [9.17, 15) is 0 Å². The highest BCUT2D eigenvalue weighted by molar-refractivity contribution is 4.89. The molecule has 14 heavy (non-hydrogen) atoms. The summed E-state index contributed by atoms with van der Waals surface area (Å²) in [6.45, 7) is 8.87. The van der Waals surface area contributed by atoms with Crippen LogP contribution in [0.4, 0.5) is 0 Å². The number of hydrogen-bond donors (Lipinski definition) is 1. The molecule has 0 aromatic heterocycles. The summed E-state index contributed by atoms with van der Waals surface area (Å²) < 4.78 is 0. The van der Waals surface area contributed by atoms with Gasteiger partial charge in [0, 0.05) is 12.6 Å². The van der Waals surface area contributed by atoms with E-state index in [0.717, 1.165) is 5.92 Å². The van der Waals surface area contributed by atoms with Crippen LogP contribution in [0.25, 0.3) is 0 Å². The van der Waals surface area contributed by atoms with E-state index >= 15 is 0 Å². The van der Waals surface area contributed by atoms with Gasteiger partial charge in [-0.25, -0.2) is 0 Å². The first-order chi connectivity index (χ1) is 6.77. The molecule has 1 aliphatic heterocycles. The lowest BCUT2D eigenvalue weighted by molar-refractivity contribution is 0.159. The number of piperidine rings is 1. The van der Waals surface area contributed by atoms with Crippen LogP contribution in [-0.4, -0.2) is 37.1 Å². The first-order valence-corrected chi connectivity index (χ1v) is 5.67. The fourth-order valence-electron chi connectivity index (χ4n) is 2.17. The fraction of sp³-hybridized carbons (Fsp3) is 0.833. The van der Waals surface area contributed by atoms with E-state index in [1.54, 1.807) is 0 Å². The van der Waals surface area contributed by atoms with Gasteiger partial charge in [-0.2, -0.15) is 0 Å². The summed E-state index contributed by atoms with van der Waals surface area (Å²) in [5.74, 6) is 3.41. The second kappa shape index (κ2) is 6.06. The molecule has 1 saturated heterocycles. The van der Waals surface area contributed by atoms with Crippen molar-refractivity contribution in [3.63, 3.8) is 0 Å². The van der Waals surface area contributed by atoms with E-state index in [1.165, 1.54) is 32.5 Å². The molecule has 0 saturated carbocycles. The molecule has 1 rings (SSSR count). The SMILES string of the molecule is C#CCNC(C)C1CCCN(CC)C1. The molecule has 1 N–H and O–H groups in total. The molecule has 2 nitrogen and oxygen atoms in total. The first-order valence-electron chi connectivity index (χ1n) is 5.67. The molecule has 1 aliphatic rings. The Balaban J connectivity index is 2.32. The molecule has 0 amide bonds. The monoisotopic (exact) mass is 194 g/mol. The molecule has 0 radical (unpaired) electrons. The minimum absolute atomic E-state index is 0.556. The predicted molar refractivity (Wildman–Crippen MR) is 61.1 cm³/mol. The van der Waals surface area contributed by atoms with Crippen LogP contribution >= 0.6 is 0 Å². The van der Waals surface area contributed by atoms with Crippen molar-refractivity contribution in [1.29, 1.82) is 0 Å². The second-order valence-corrected chi connectivity index (χ2v) is 4.17. The van der Waals surface area contributed by atoms with E-state index in [0.29, 0.717) is 12.6 Å². The third-order valence-corrected chi connectivity index (χ3v) is 3.22. The van der Waals surface area contributed by atoms with Crippen molar-refractivity contribution >= 4 is 0 Å². The Kier molecular flexibility index (Phi) is 5.00. The van der Waals surface area contributed by atoms with Gasteiger partial charge in [0.25, 0.3) is 0 Å². The average Bonchev–Trinajstić information content (AvgIpc) is 2.26. The van der Waals surface area contributed by atoms with Crippen molar-refractivity contribution in [2.45, 2.75) is 32.7 Å². The normalized spacial score (nSPS) is 25.6. The van der Waals surface area contributed by atoms with Gasteiger partial charge in [-0.1, -0.05) is 12.8 Å². The van der Waals surface area contributed by atoms with Crippen molar-refractivity contribution in [3.05, 3.63) is 0 Å². The van der Waals surface area contributed by atoms with E-state index in [1.807, 2.05) is 0 Å². The van der Waals surface area contributed by atoms with E-state index in [2.05, 4.69) is 30.0 Å². The highest BCUT2D eigenvalue weighted by atomic mass is 15.1. The molecular formula is C12H22N2. The zero-order valence-corrected chi connectivity index (χ0v) is 9.42. The molecule has 2 heteroatoms. The molecule has 0 aromatic rings. The summed E-state index contributed by atoms with van der Waals surface area (Å²) in [6.07, 6.45) is 7.91. The Bertz CT molecular complexity index is 195. The Hall–Kier alpha value is -0.520. The van der Waals surface area contributed by atoms with Gasteiger partial charge in [0.05, 0.1) is 6.54 Å². The van der Waals surface area contributed by atoms with Crippen LogP contribution in [0.15, 0.2) is 0 Å².